The fraction of sp³-hybridized carbons (Fsp3) is 0.160. The van der Waals surface area contributed by atoms with E-state index in [0.29, 0.717) is 0 Å². The van der Waals surface area contributed by atoms with E-state index < -0.39 is 10.4 Å². The number of para-hydroxylation sites is 1. The van der Waals surface area contributed by atoms with Crippen LogP contribution in [0.15, 0.2) is 89.5 Å². The molecule has 0 amide bonds. The lowest BCUT2D eigenvalue weighted by atomic mass is 10.1. The highest BCUT2D eigenvalue weighted by atomic mass is 32.3. The first-order valence-corrected chi connectivity index (χ1v) is 11.8. The Bertz CT molecular complexity index is 1300. The van der Waals surface area contributed by atoms with Gasteiger partial charge in [-0.15, -0.1) is 0 Å². The molecule has 0 aliphatic carbocycles. The lowest BCUT2D eigenvalue weighted by Gasteiger charge is -2.02. The molecule has 4 rings (SSSR count). The van der Waals surface area contributed by atoms with Crippen LogP contribution in [0.25, 0.3) is 28.3 Å². The summed E-state index contributed by atoms with van der Waals surface area (Å²) < 4.78 is 40.2. The lowest BCUT2D eigenvalue weighted by molar-refractivity contribution is -0.674. The van der Waals surface area contributed by atoms with E-state index in [2.05, 4.69) is 57.4 Å². The first-order valence-electron chi connectivity index (χ1n) is 10.5. The number of hydrogen-bond donors (Lipinski definition) is 1. The van der Waals surface area contributed by atoms with Gasteiger partial charge in [-0.1, -0.05) is 54.6 Å². The molecule has 0 saturated carbocycles. The Labute approximate surface area is 193 Å². The Balaban J connectivity index is 0.000000383. The number of nitrogens with one attached hydrogen (secondary N) is 1. The molecule has 8 heteroatoms. The highest BCUT2D eigenvalue weighted by molar-refractivity contribution is 7.80. The van der Waals surface area contributed by atoms with Gasteiger partial charge in [-0.2, -0.15) is 4.57 Å². The molecule has 1 aromatic heterocycles. The highest BCUT2D eigenvalue weighted by Gasteiger charge is 2.19. The number of nitrogens with zero attached hydrogens (tertiary/aromatic N) is 1. The van der Waals surface area contributed by atoms with Crippen LogP contribution in [0.1, 0.15) is 19.7 Å². The molecule has 0 unspecified atom stereocenters. The van der Waals surface area contributed by atoms with E-state index >= 15 is 0 Å². The number of anilines is 1. The number of rotatable bonds is 7. The molecule has 0 fully saturated rings. The molecule has 0 radical (unpaired) electrons. The molecule has 172 valence electrons. The molecule has 0 aliphatic rings. The average Bonchev–Trinajstić information content (AvgIpc) is 3.16. The van der Waals surface area contributed by atoms with Gasteiger partial charge in [-0.25, -0.2) is 8.42 Å². The summed E-state index contributed by atoms with van der Waals surface area (Å²) in [7, 11) is -4.42. The zero-order valence-corrected chi connectivity index (χ0v) is 19.3. The second-order valence-electron chi connectivity index (χ2n) is 6.89. The first kappa shape index (κ1) is 24.2. The minimum atomic E-state index is -4.42. The summed E-state index contributed by atoms with van der Waals surface area (Å²) >= 11 is 0. The summed E-state index contributed by atoms with van der Waals surface area (Å²) in [4.78, 5) is 0. The minimum absolute atomic E-state index is 0.0914. The average molecular weight is 467 g/mol. The number of oxazole rings is 1. The summed E-state index contributed by atoms with van der Waals surface area (Å²) in [5.74, 6) is 0.830. The van der Waals surface area contributed by atoms with Crippen molar-refractivity contribution in [2.45, 2.75) is 20.4 Å². The van der Waals surface area contributed by atoms with Crippen LogP contribution in [-0.4, -0.2) is 19.6 Å². The van der Waals surface area contributed by atoms with Crippen LogP contribution in [0.5, 0.6) is 0 Å². The summed E-state index contributed by atoms with van der Waals surface area (Å²) in [6.07, 6.45) is 3.88. The molecule has 1 N–H and O–H groups in total. The van der Waals surface area contributed by atoms with Crippen LogP contribution in [0.2, 0.25) is 0 Å². The predicted molar refractivity (Wildman–Crippen MR) is 128 cm³/mol. The topological polar surface area (TPSA) is 95.5 Å². The van der Waals surface area contributed by atoms with E-state index in [1.54, 1.807) is 0 Å². The lowest BCUT2D eigenvalue weighted by Crippen LogP contribution is -2.33. The summed E-state index contributed by atoms with van der Waals surface area (Å²) in [5.41, 5.74) is 5.45. The van der Waals surface area contributed by atoms with E-state index in [1.165, 1.54) is 18.1 Å². The normalized spacial score (nSPS) is 11.4. The third-order valence-corrected chi connectivity index (χ3v) is 5.19. The standard InChI is InChI=1S/C23H20N2O.C2H6O4S/c1-2-25-21-17-19(18-9-5-3-6-10-18)13-14-22(21)26-23(25)15-16-24-20-11-7-4-8-12-20;1-2-6-7(3,4)5/h3-17H,2H2,1H3;2H2,1H3,(H,3,4,5). The molecule has 0 aliphatic heterocycles. The van der Waals surface area contributed by atoms with Gasteiger partial charge < -0.3 is 14.3 Å². The van der Waals surface area contributed by atoms with Crippen molar-refractivity contribution in [3.63, 3.8) is 0 Å². The maximum atomic E-state index is 9.45. The van der Waals surface area contributed by atoms with Crippen LogP contribution in [-0.2, 0) is 21.1 Å². The van der Waals surface area contributed by atoms with Gasteiger partial charge in [0.25, 0.3) is 5.52 Å². The molecular weight excluding hydrogens is 440 g/mol. The number of fused-ring (bicyclic) bond motifs is 1. The molecule has 4 aromatic rings. The molecule has 0 saturated heterocycles. The van der Waals surface area contributed by atoms with Gasteiger partial charge in [0, 0.05) is 18.0 Å². The van der Waals surface area contributed by atoms with Crippen molar-refractivity contribution in [3.05, 3.63) is 91.0 Å². The van der Waals surface area contributed by atoms with Gasteiger partial charge in [-0.3, -0.25) is 4.18 Å². The van der Waals surface area contributed by atoms with E-state index in [9.17, 15) is 13.0 Å². The van der Waals surface area contributed by atoms with Gasteiger partial charge in [0.15, 0.2) is 0 Å². The van der Waals surface area contributed by atoms with E-state index in [-0.39, 0.29) is 6.61 Å². The van der Waals surface area contributed by atoms with Gasteiger partial charge in [-0.05, 0) is 43.2 Å². The SMILES string of the molecule is CCOS(=O)(=O)[O-].CC[n+]1c(/C=C/Nc2ccccc2)oc2ccc(-c3ccccc3)cc21. The third-order valence-electron chi connectivity index (χ3n) is 4.67. The highest BCUT2D eigenvalue weighted by Crippen LogP contribution is 2.24. The molecular formula is C25H26N2O5S. The smallest absolute Gasteiger partial charge is 0.375 e. The van der Waals surface area contributed by atoms with Gasteiger partial charge >= 0.3 is 5.89 Å². The molecule has 3 aromatic carbocycles. The minimum Gasteiger partial charge on any atom is -0.726 e. The van der Waals surface area contributed by atoms with Crippen molar-refractivity contribution < 1.29 is 26.1 Å². The Morgan fingerprint density at radius 1 is 0.970 bits per heavy atom. The van der Waals surface area contributed by atoms with Crippen molar-refractivity contribution >= 4 is 33.3 Å². The number of aromatic nitrogens is 1. The van der Waals surface area contributed by atoms with E-state index in [0.717, 1.165) is 29.2 Å². The van der Waals surface area contributed by atoms with Crippen LogP contribution >= 0.6 is 0 Å². The van der Waals surface area contributed by atoms with Crippen LogP contribution in [0.4, 0.5) is 5.69 Å². The number of aryl methyl sites for hydroxylation is 1. The fourth-order valence-electron chi connectivity index (χ4n) is 3.25. The molecule has 7 nitrogen and oxygen atoms in total. The predicted octanol–water partition coefficient (Wildman–Crippen LogP) is 4.97. The summed E-state index contributed by atoms with van der Waals surface area (Å²) in [6.45, 7) is 4.31. The summed E-state index contributed by atoms with van der Waals surface area (Å²) in [5, 5.41) is 3.27. The Hall–Kier alpha value is -3.46. The Morgan fingerprint density at radius 2 is 1.64 bits per heavy atom. The number of benzene rings is 3. The molecule has 33 heavy (non-hydrogen) atoms. The Kier molecular flexibility index (Phi) is 8.37. The molecule has 0 bridgehead atoms. The third kappa shape index (κ3) is 7.01. The maximum Gasteiger partial charge on any atom is 0.375 e. The zero-order valence-electron chi connectivity index (χ0n) is 18.5. The van der Waals surface area contributed by atoms with Crippen molar-refractivity contribution in [1.82, 2.24) is 0 Å². The van der Waals surface area contributed by atoms with Crippen LogP contribution in [0.3, 0.4) is 0 Å². The van der Waals surface area contributed by atoms with Crippen molar-refractivity contribution in [3.8, 4) is 11.1 Å². The molecule has 0 atom stereocenters. The van der Waals surface area contributed by atoms with Crippen LogP contribution in [0, 0.1) is 0 Å². The maximum absolute atomic E-state index is 9.45. The van der Waals surface area contributed by atoms with Gasteiger partial charge in [0.2, 0.25) is 16.0 Å². The van der Waals surface area contributed by atoms with Crippen molar-refractivity contribution in [2.75, 3.05) is 11.9 Å². The fourth-order valence-corrected chi connectivity index (χ4v) is 3.54. The monoisotopic (exact) mass is 466 g/mol. The quantitative estimate of drug-likeness (QED) is 0.235. The number of hydrogen-bond acceptors (Lipinski definition) is 6. The molecule has 1 heterocycles. The van der Waals surface area contributed by atoms with Gasteiger partial charge in [0.1, 0.15) is 6.54 Å². The Morgan fingerprint density at radius 3 is 2.21 bits per heavy atom. The van der Waals surface area contributed by atoms with E-state index in [1.807, 2.05) is 54.7 Å². The van der Waals surface area contributed by atoms with Gasteiger partial charge in [0.05, 0.1) is 12.7 Å². The van der Waals surface area contributed by atoms with E-state index in [4.69, 9.17) is 4.42 Å². The zero-order chi connectivity index (χ0) is 23.7. The van der Waals surface area contributed by atoms with Crippen LogP contribution < -0.4 is 9.88 Å². The second-order valence-corrected chi connectivity index (χ2v) is 7.94. The summed E-state index contributed by atoms with van der Waals surface area (Å²) in [6, 6.07) is 26.8. The molecule has 0 spiro atoms. The largest absolute Gasteiger partial charge is 0.726 e. The van der Waals surface area contributed by atoms with Crippen molar-refractivity contribution in [1.29, 1.82) is 0 Å². The van der Waals surface area contributed by atoms with Crippen molar-refractivity contribution in [2.24, 2.45) is 0 Å². The first-order chi connectivity index (χ1) is 15.9. The second kappa shape index (κ2) is 11.4.